The highest BCUT2D eigenvalue weighted by Crippen LogP contribution is 2.26. The van der Waals surface area contributed by atoms with Gasteiger partial charge in [-0.2, -0.15) is 0 Å². The number of carbonyl (C=O) groups is 2. The molecule has 0 saturated heterocycles. The Kier molecular flexibility index (Phi) is 6.87. The Morgan fingerprint density at radius 2 is 1.50 bits per heavy atom. The lowest BCUT2D eigenvalue weighted by atomic mass is 9.97. The number of halogens is 1. The molecule has 144 valence electrons. The van der Waals surface area contributed by atoms with Crippen LogP contribution in [0.2, 0.25) is 0 Å². The summed E-state index contributed by atoms with van der Waals surface area (Å²) in [4.78, 5) is 21.1. The zero-order valence-electron chi connectivity index (χ0n) is 15.0. The van der Waals surface area contributed by atoms with Gasteiger partial charge < -0.3 is 15.3 Å². The van der Waals surface area contributed by atoms with Gasteiger partial charge in [-0.15, -0.1) is 0 Å². The molecule has 0 aromatic heterocycles. The van der Waals surface area contributed by atoms with Gasteiger partial charge in [0.05, 0.1) is 5.92 Å². The Balaban J connectivity index is 0.000000237. The molecule has 0 heterocycles. The van der Waals surface area contributed by atoms with E-state index in [2.05, 4.69) is 0 Å². The van der Waals surface area contributed by atoms with Crippen LogP contribution in [0.15, 0.2) is 72.8 Å². The number of hydrogen-bond donors (Lipinski definition) is 3. The summed E-state index contributed by atoms with van der Waals surface area (Å²) in [7, 11) is 0. The average Bonchev–Trinajstić information content (AvgIpc) is 2.68. The summed E-state index contributed by atoms with van der Waals surface area (Å²) in [5.41, 5.74) is 1.67. The minimum atomic E-state index is -1.11. The topological polar surface area (TPSA) is 94.8 Å². The van der Waals surface area contributed by atoms with Gasteiger partial charge in [0.1, 0.15) is 17.1 Å². The molecule has 3 rings (SSSR count). The van der Waals surface area contributed by atoms with Crippen molar-refractivity contribution in [2.24, 2.45) is 0 Å². The largest absolute Gasteiger partial charge is 0.507 e. The lowest BCUT2D eigenvalue weighted by Gasteiger charge is -2.09. The van der Waals surface area contributed by atoms with Crippen LogP contribution in [-0.4, -0.2) is 27.3 Å². The molecule has 0 aliphatic rings. The predicted molar refractivity (Wildman–Crippen MR) is 103 cm³/mol. The van der Waals surface area contributed by atoms with Crippen LogP contribution in [0.5, 0.6) is 5.75 Å². The number of aliphatic carboxylic acids is 1. The smallest absolute Gasteiger partial charge is 0.339 e. The first-order valence-corrected chi connectivity index (χ1v) is 8.40. The molecule has 0 bridgehead atoms. The van der Waals surface area contributed by atoms with E-state index in [-0.39, 0.29) is 11.3 Å². The van der Waals surface area contributed by atoms with E-state index in [1.54, 1.807) is 31.2 Å². The maximum Gasteiger partial charge on any atom is 0.339 e. The van der Waals surface area contributed by atoms with Gasteiger partial charge in [-0.3, -0.25) is 4.79 Å². The summed E-state index contributed by atoms with van der Waals surface area (Å²) in [6.07, 6.45) is 0. The van der Waals surface area contributed by atoms with Gasteiger partial charge in [0, 0.05) is 5.56 Å². The summed E-state index contributed by atoms with van der Waals surface area (Å²) < 4.78 is 14.0. The number of aromatic carboxylic acids is 1. The van der Waals surface area contributed by atoms with Gasteiger partial charge in [-0.25, -0.2) is 9.18 Å². The van der Waals surface area contributed by atoms with Crippen molar-refractivity contribution in [2.45, 2.75) is 12.8 Å². The highest BCUT2D eigenvalue weighted by atomic mass is 19.1. The number of rotatable bonds is 4. The number of carboxylic acid groups (broad SMARTS) is 2. The summed E-state index contributed by atoms with van der Waals surface area (Å²) in [6, 6.07) is 19.6. The maximum absolute atomic E-state index is 14.0. The fourth-order valence-electron chi connectivity index (χ4n) is 2.45. The Morgan fingerprint density at radius 3 is 2.00 bits per heavy atom. The van der Waals surface area contributed by atoms with Crippen molar-refractivity contribution in [3.63, 3.8) is 0 Å². The fourth-order valence-corrected chi connectivity index (χ4v) is 2.45. The summed E-state index contributed by atoms with van der Waals surface area (Å²) in [5.74, 6) is -3.37. The van der Waals surface area contributed by atoms with Crippen molar-refractivity contribution in [3.8, 4) is 16.9 Å². The number of hydrogen-bond acceptors (Lipinski definition) is 3. The van der Waals surface area contributed by atoms with Crippen LogP contribution in [0, 0.1) is 5.82 Å². The van der Waals surface area contributed by atoms with Crippen LogP contribution in [0.25, 0.3) is 11.1 Å². The van der Waals surface area contributed by atoms with E-state index in [4.69, 9.17) is 15.3 Å². The Hall–Kier alpha value is -3.67. The zero-order chi connectivity index (χ0) is 20.7. The number of para-hydroxylation sites is 1. The average molecular weight is 382 g/mol. The van der Waals surface area contributed by atoms with Gasteiger partial charge >= 0.3 is 11.9 Å². The highest BCUT2D eigenvalue weighted by Gasteiger charge is 2.15. The van der Waals surface area contributed by atoms with E-state index in [1.165, 1.54) is 18.2 Å². The van der Waals surface area contributed by atoms with Crippen LogP contribution < -0.4 is 0 Å². The monoisotopic (exact) mass is 382 g/mol. The SMILES string of the molecule is CC(C(=O)O)c1ccc(-c2ccccc2)c(F)c1.O=C(O)c1ccccc1O. The molecule has 0 saturated carbocycles. The first-order chi connectivity index (χ1) is 13.3. The second-order valence-electron chi connectivity index (χ2n) is 5.99. The van der Waals surface area contributed by atoms with Crippen molar-refractivity contribution in [2.75, 3.05) is 0 Å². The quantitative estimate of drug-likeness (QED) is 0.604. The van der Waals surface area contributed by atoms with Gasteiger partial charge in [-0.1, -0.05) is 54.6 Å². The molecule has 6 heteroatoms. The third-order valence-corrected chi connectivity index (χ3v) is 4.08. The van der Waals surface area contributed by atoms with Gasteiger partial charge in [0.2, 0.25) is 0 Å². The van der Waals surface area contributed by atoms with E-state index in [1.807, 2.05) is 30.3 Å². The summed E-state index contributed by atoms with van der Waals surface area (Å²) in [5, 5.41) is 26.2. The van der Waals surface area contributed by atoms with Crippen LogP contribution in [0.4, 0.5) is 4.39 Å². The lowest BCUT2D eigenvalue weighted by Crippen LogP contribution is -2.07. The molecule has 3 N–H and O–H groups in total. The number of carboxylic acids is 2. The van der Waals surface area contributed by atoms with E-state index in [0.717, 1.165) is 5.56 Å². The van der Waals surface area contributed by atoms with E-state index in [0.29, 0.717) is 11.1 Å². The summed E-state index contributed by atoms with van der Waals surface area (Å²) in [6.45, 7) is 1.54. The van der Waals surface area contributed by atoms with E-state index < -0.39 is 23.7 Å². The third kappa shape index (κ3) is 5.17. The Bertz CT molecular complexity index is 970. The number of benzene rings is 3. The maximum atomic E-state index is 14.0. The van der Waals surface area contributed by atoms with Crippen LogP contribution >= 0.6 is 0 Å². The molecule has 0 amide bonds. The van der Waals surface area contributed by atoms with Gasteiger partial charge in [0.15, 0.2) is 0 Å². The standard InChI is InChI=1S/C15H13FO2.C7H6O3/c1-10(15(17)18)12-7-8-13(14(16)9-12)11-5-3-2-4-6-11;8-6-4-2-1-3-5(6)7(9)10/h2-10H,1H3,(H,17,18);1-4,8H,(H,9,10). The van der Waals surface area contributed by atoms with E-state index >= 15 is 0 Å². The second kappa shape index (κ2) is 9.32. The van der Waals surface area contributed by atoms with E-state index in [9.17, 15) is 14.0 Å². The van der Waals surface area contributed by atoms with Crippen molar-refractivity contribution in [1.82, 2.24) is 0 Å². The molecule has 1 unspecified atom stereocenters. The molecule has 0 fully saturated rings. The molecule has 0 radical (unpaired) electrons. The molecule has 0 aliphatic carbocycles. The van der Waals surface area contributed by atoms with Crippen molar-refractivity contribution < 1.29 is 29.3 Å². The predicted octanol–water partition coefficient (Wildman–Crippen LogP) is 4.77. The van der Waals surface area contributed by atoms with Crippen molar-refractivity contribution in [1.29, 1.82) is 0 Å². The fraction of sp³-hybridized carbons (Fsp3) is 0.0909. The molecule has 28 heavy (non-hydrogen) atoms. The molecular weight excluding hydrogens is 363 g/mol. The van der Waals surface area contributed by atoms with Crippen molar-refractivity contribution in [3.05, 3.63) is 89.7 Å². The molecule has 3 aromatic rings. The highest BCUT2D eigenvalue weighted by molar-refractivity contribution is 5.90. The summed E-state index contributed by atoms with van der Waals surface area (Å²) >= 11 is 0. The normalized spacial score (nSPS) is 11.1. The van der Waals surface area contributed by atoms with Crippen LogP contribution in [-0.2, 0) is 4.79 Å². The molecule has 1 atom stereocenters. The van der Waals surface area contributed by atoms with Crippen molar-refractivity contribution >= 4 is 11.9 Å². The minimum Gasteiger partial charge on any atom is -0.507 e. The molecule has 3 aromatic carbocycles. The first-order valence-electron chi connectivity index (χ1n) is 8.40. The van der Waals surface area contributed by atoms with Gasteiger partial charge in [-0.05, 0) is 36.2 Å². The van der Waals surface area contributed by atoms with Gasteiger partial charge in [0.25, 0.3) is 0 Å². The van der Waals surface area contributed by atoms with Crippen LogP contribution in [0.1, 0.15) is 28.8 Å². The van der Waals surface area contributed by atoms with Crippen LogP contribution in [0.3, 0.4) is 0 Å². The molecular formula is C22H19FO5. The second-order valence-corrected chi connectivity index (χ2v) is 5.99. The molecule has 5 nitrogen and oxygen atoms in total. The molecule has 0 spiro atoms. The molecule has 0 aliphatic heterocycles. The number of aromatic hydroxyl groups is 1. The minimum absolute atomic E-state index is 0.0671. The lowest BCUT2D eigenvalue weighted by molar-refractivity contribution is -0.138. The first kappa shape index (κ1) is 20.6. The zero-order valence-corrected chi connectivity index (χ0v) is 15.0. The number of phenols is 1. The Labute approximate surface area is 161 Å². The Morgan fingerprint density at radius 1 is 0.893 bits per heavy atom. The third-order valence-electron chi connectivity index (χ3n) is 4.08.